The van der Waals surface area contributed by atoms with Crippen LogP contribution in [-0.4, -0.2) is 35.2 Å². The van der Waals surface area contributed by atoms with Gasteiger partial charge in [-0.1, -0.05) is 43.0 Å². The van der Waals surface area contributed by atoms with Crippen LogP contribution in [0, 0.1) is 5.82 Å². The van der Waals surface area contributed by atoms with Gasteiger partial charge in [-0.25, -0.2) is 14.2 Å². The Balaban J connectivity index is 1.43. The van der Waals surface area contributed by atoms with Crippen molar-refractivity contribution in [1.82, 2.24) is 24.5 Å². The van der Waals surface area contributed by atoms with Crippen molar-refractivity contribution in [3.63, 3.8) is 0 Å². The molecule has 0 bridgehead atoms. The molecular formula is C24H24Cl2FN5O3. The van der Waals surface area contributed by atoms with Gasteiger partial charge in [-0.3, -0.25) is 9.67 Å². The topological polar surface area (TPSA) is 98.0 Å². The van der Waals surface area contributed by atoms with Crippen molar-refractivity contribution in [1.29, 1.82) is 0 Å². The van der Waals surface area contributed by atoms with Gasteiger partial charge in [0, 0.05) is 22.3 Å². The third kappa shape index (κ3) is 4.55. The van der Waals surface area contributed by atoms with Gasteiger partial charge in [0.15, 0.2) is 11.8 Å². The molecule has 1 unspecified atom stereocenters. The van der Waals surface area contributed by atoms with E-state index in [9.17, 15) is 14.3 Å². The number of hydrogen-bond donors (Lipinski definition) is 2. The molecule has 5 rings (SSSR count). The second-order valence-electron chi connectivity index (χ2n) is 8.91. The minimum absolute atomic E-state index is 0.142. The van der Waals surface area contributed by atoms with Crippen LogP contribution in [0.1, 0.15) is 50.7 Å². The van der Waals surface area contributed by atoms with Gasteiger partial charge in [0.2, 0.25) is 0 Å². The Morgan fingerprint density at radius 1 is 1.26 bits per heavy atom. The van der Waals surface area contributed by atoms with Crippen molar-refractivity contribution >= 4 is 34.4 Å². The highest BCUT2D eigenvalue weighted by molar-refractivity contribution is 6.36. The number of imidazole rings is 1. The molecule has 184 valence electrons. The average molecular weight is 520 g/mol. The van der Waals surface area contributed by atoms with E-state index in [4.69, 9.17) is 28.0 Å². The van der Waals surface area contributed by atoms with Crippen molar-refractivity contribution in [2.75, 3.05) is 0 Å². The maximum atomic E-state index is 14.1. The van der Waals surface area contributed by atoms with Gasteiger partial charge < -0.3 is 9.94 Å². The van der Waals surface area contributed by atoms with Crippen molar-refractivity contribution in [3.05, 3.63) is 68.6 Å². The Hall–Kier alpha value is -2.88. The molecular weight excluding hydrogens is 496 g/mol. The fraction of sp³-hybridized carbons (Fsp3) is 0.375. The number of fused-ring (bicyclic) bond motifs is 1. The van der Waals surface area contributed by atoms with Crippen molar-refractivity contribution in [2.45, 2.75) is 57.3 Å². The molecule has 0 spiro atoms. The number of pyridine rings is 1. The van der Waals surface area contributed by atoms with E-state index in [1.165, 1.54) is 12.1 Å². The van der Waals surface area contributed by atoms with E-state index in [-0.39, 0.29) is 15.6 Å². The van der Waals surface area contributed by atoms with E-state index in [0.717, 1.165) is 36.0 Å². The quantitative estimate of drug-likeness (QED) is 0.337. The van der Waals surface area contributed by atoms with Crippen LogP contribution >= 0.6 is 23.2 Å². The van der Waals surface area contributed by atoms with Crippen LogP contribution in [0.5, 0.6) is 0 Å². The minimum Gasteiger partial charge on any atom is -0.401 e. The van der Waals surface area contributed by atoms with E-state index in [1.54, 1.807) is 23.0 Å². The Morgan fingerprint density at radius 3 is 2.77 bits per heavy atom. The lowest BCUT2D eigenvalue weighted by Gasteiger charge is -2.21. The van der Waals surface area contributed by atoms with Crippen LogP contribution in [-0.2, 0) is 6.54 Å². The predicted octanol–water partition coefficient (Wildman–Crippen LogP) is 4.92. The van der Waals surface area contributed by atoms with Crippen molar-refractivity contribution < 1.29 is 14.3 Å². The third-order valence-corrected chi connectivity index (χ3v) is 7.14. The maximum Gasteiger partial charge on any atom is 0.360 e. The molecule has 1 saturated carbocycles. The number of benzene rings is 1. The second kappa shape index (κ2) is 9.29. The zero-order chi connectivity index (χ0) is 24.7. The second-order valence-corrected chi connectivity index (χ2v) is 9.69. The summed E-state index contributed by atoms with van der Waals surface area (Å²) in [6, 6.07) is 6.05. The molecule has 8 nitrogen and oxygen atoms in total. The summed E-state index contributed by atoms with van der Waals surface area (Å²) in [5.41, 5.74) is 1.12. The molecule has 11 heteroatoms. The first kappa shape index (κ1) is 23.8. The van der Waals surface area contributed by atoms with Gasteiger partial charge in [-0.05, 0) is 43.5 Å². The molecule has 2 N–H and O–H groups in total. The number of nitrogens with zero attached hydrogens (tertiary/aromatic N) is 4. The average Bonchev–Trinajstić information content (AvgIpc) is 3.55. The fourth-order valence-corrected chi connectivity index (χ4v) is 5.22. The molecule has 1 atom stereocenters. The number of hydrogen-bond acceptors (Lipinski definition) is 5. The molecule has 1 aliphatic carbocycles. The summed E-state index contributed by atoms with van der Waals surface area (Å²) in [4.78, 5) is 25.9. The van der Waals surface area contributed by atoms with E-state index in [0.29, 0.717) is 29.8 Å². The summed E-state index contributed by atoms with van der Waals surface area (Å²) in [5, 5.41) is 15.1. The Morgan fingerprint density at radius 2 is 2.03 bits per heavy atom. The number of halogens is 3. The Kier molecular flexibility index (Phi) is 6.33. The molecule has 3 heterocycles. The lowest BCUT2D eigenvalue weighted by atomic mass is 10.0. The molecule has 1 aliphatic rings. The van der Waals surface area contributed by atoms with Gasteiger partial charge in [-0.15, -0.1) is 4.73 Å². The smallest absolute Gasteiger partial charge is 0.360 e. The zero-order valence-electron chi connectivity index (χ0n) is 19.0. The highest BCUT2D eigenvalue weighted by atomic mass is 35.5. The van der Waals surface area contributed by atoms with Crippen LogP contribution in [0.15, 0.2) is 41.5 Å². The first-order chi connectivity index (χ1) is 16.8. The molecule has 1 fully saturated rings. The number of aromatic nitrogens is 5. The van der Waals surface area contributed by atoms with Crippen LogP contribution in [0.3, 0.4) is 0 Å². The standard InChI is InChI=1S/C24H24Cl2FN5O3/c1-2-19(20-15(25)5-6-16(27)21(20)26)35-32-18-8-7-17(29-22(18)30-23(32)33)14-11-28-31(12-14)13-24(34)9-3-4-10-24/h5-8,11-12,19,34H,2-4,9-10,13H2,1H3,(H,29,30,33). The van der Waals surface area contributed by atoms with Crippen molar-refractivity contribution in [2.24, 2.45) is 0 Å². The summed E-state index contributed by atoms with van der Waals surface area (Å²) in [7, 11) is 0. The van der Waals surface area contributed by atoms with Crippen LogP contribution in [0.25, 0.3) is 22.4 Å². The SMILES string of the molecule is CCC(On1c(=O)[nH]c2nc(-c3cnn(CC4(O)CCCC4)c3)ccc21)c1c(Cl)ccc(F)c1Cl. The van der Waals surface area contributed by atoms with Crippen LogP contribution in [0.2, 0.25) is 10.0 Å². The highest BCUT2D eigenvalue weighted by Crippen LogP contribution is 2.35. The molecule has 35 heavy (non-hydrogen) atoms. The monoisotopic (exact) mass is 519 g/mol. The van der Waals surface area contributed by atoms with E-state index in [1.807, 2.05) is 13.1 Å². The first-order valence-electron chi connectivity index (χ1n) is 11.5. The van der Waals surface area contributed by atoms with E-state index < -0.39 is 23.2 Å². The summed E-state index contributed by atoms with van der Waals surface area (Å²) < 4.78 is 16.9. The Labute approximate surface area is 210 Å². The normalized spacial score (nSPS) is 16.1. The highest BCUT2D eigenvalue weighted by Gasteiger charge is 2.32. The molecule has 3 aromatic heterocycles. The minimum atomic E-state index is -0.762. The Bertz CT molecular complexity index is 1440. The summed E-state index contributed by atoms with van der Waals surface area (Å²) in [6.45, 7) is 2.25. The molecule has 1 aromatic carbocycles. The van der Waals surface area contributed by atoms with Crippen molar-refractivity contribution in [3.8, 4) is 11.3 Å². The van der Waals surface area contributed by atoms with E-state index in [2.05, 4.69) is 15.1 Å². The molecule has 0 aliphatic heterocycles. The summed E-state index contributed by atoms with van der Waals surface area (Å²) in [6.07, 6.45) is 6.71. The predicted molar refractivity (Wildman–Crippen MR) is 131 cm³/mol. The van der Waals surface area contributed by atoms with Gasteiger partial charge >= 0.3 is 5.69 Å². The van der Waals surface area contributed by atoms with Gasteiger partial charge in [0.1, 0.15) is 11.3 Å². The van der Waals surface area contributed by atoms with Crippen LogP contribution < -0.4 is 10.5 Å². The summed E-state index contributed by atoms with van der Waals surface area (Å²) >= 11 is 12.4. The fourth-order valence-electron chi connectivity index (χ4n) is 4.61. The van der Waals surface area contributed by atoms with Gasteiger partial charge in [-0.2, -0.15) is 5.10 Å². The van der Waals surface area contributed by atoms with E-state index >= 15 is 0 Å². The number of nitrogens with one attached hydrogen (secondary N) is 1. The summed E-state index contributed by atoms with van der Waals surface area (Å²) in [5.74, 6) is -0.619. The number of aliphatic hydroxyl groups is 1. The lowest BCUT2D eigenvalue weighted by molar-refractivity contribution is 0.0265. The third-order valence-electron chi connectivity index (χ3n) is 6.43. The number of rotatable bonds is 7. The molecule has 0 radical (unpaired) electrons. The maximum absolute atomic E-state index is 14.1. The number of H-pyrrole nitrogens is 1. The van der Waals surface area contributed by atoms with Gasteiger partial charge in [0.25, 0.3) is 0 Å². The van der Waals surface area contributed by atoms with Crippen LogP contribution in [0.4, 0.5) is 4.39 Å². The number of aromatic amines is 1. The lowest BCUT2D eigenvalue weighted by Crippen LogP contribution is -2.30. The largest absolute Gasteiger partial charge is 0.401 e. The molecule has 4 aromatic rings. The first-order valence-corrected chi connectivity index (χ1v) is 12.2. The molecule has 0 saturated heterocycles. The molecule has 0 amide bonds. The van der Waals surface area contributed by atoms with Gasteiger partial charge in [0.05, 0.1) is 29.1 Å². The zero-order valence-corrected chi connectivity index (χ0v) is 20.5.